The van der Waals surface area contributed by atoms with Crippen LogP contribution in [0.2, 0.25) is 5.02 Å². The number of nitrogens with two attached hydrogens (primary N) is 1. The number of amides is 1. The molecule has 5 nitrogen and oxygen atoms in total. The second-order valence-corrected chi connectivity index (χ2v) is 5.45. The van der Waals surface area contributed by atoms with E-state index < -0.39 is 17.8 Å². The summed E-state index contributed by atoms with van der Waals surface area (Å²) in [5.41, 5.74) is 6.16. The zero-order chi connectivity index (χ0) is 14.7. The molecule has 108 valence electrons. The molecule has 1 fully saturated rings. The van der Waals surface area contributed by atoms with Crippen LogP contribution >= 0.6 is 11.6 Å². The van der Waals surface area contributed by atoms with Gasteiger partial charge in [0.25, 0.3) is 0 Å². The fourth-order valence-electron chi connectivity index (χ4n) is 2.62. The van der Waals surface area contributed by atoms with Crippen LogP contribution in [-0.4, -0.2) is 23.0 Å². The molecule has 2 unspecified atom stereocenters. The van der Waals surface area contributed by atoms with Gasteiger partial charge in [-0.15, -0.1) is 0 Å². The van der Waals surface area contributed by atoms with E-state index in [-0.39, 0.29) is 16.6 Å². The number of anilines is 1. The minimum Gasteiger partial charge on any atom is -0.481 e. The van der Waals surface area contributed by atoms with Gasteiger partial charge in [0.1, 0.15) is 0 Å². The van der Waals surface area contributed by atoms with E-state index in [1.54, 1.807) is 18.2 Å². The fourth-order valence-corrected chi connectivity index (χ4v) is 2.89. The summed E-state index contributed by atoms with van der Waals surface area (Å²) >= 11 is 5.98. The van der Waals surface area contributed by atoms with Crippen LogP contribution in [0, 0.1) is 5.92 Å². The summed E-state index contributed by atoms with van der Waals surface area (Å²) in [6, 6.07) is 4.73. The number of hydrogen-bond donors (Lipinski definition) is 3. The molecule has 0 heterocycles. The molecular formula is C14H17ClN2O3. The first-order valence-corrected chi connectivity index (χ1v) is 6.95. The van der Waals surface area contributed by atoms with Crippen LogP contribution in [-0.2, 0) is 4.79 Å². The Morgan fingerprint density at radius 1 is 1.30 bits per heavy atom. The lowest BCUT2D eigenvalue weighted by Crippen LogP contribution is -2.37. The molecule has 1 saturated carbocycles. The van der Waals surface area contributed by atoms with E-state index in [1.807, 2.05) is 0 Å². The van der Waals surface area contributed by atoms with E-state index in [0.29, 0.717) is 12.1 Å². The topological polar surface area (TPSA) is 92.4 Å². The van der Waals surface area contributed by atoms with E-state index in [1.165, 1.54) is 0 Å². The first-order valence-electron chi connectivity index (χ1n) is 6.57. The quantitative estimate of drug-likeness (QED) is 0.796. The number of rotatable bonds is 4. The van der Waals surface area contributed by atoms with Gasteiger partial charge in [-0.3, -0.25) is 9.59 Å². The zero-order valence-corrected chi connectivity index (χ0v) is 11.7. The molecule has 0 saturated heterocycles. The third kappa shape index (κ3) is 3.22. The lowest BCUT2D eigenvalue weighted by atomic mass is 9.84. The van der Waals surface area contributed by atoms with Crippen molar-refractivity contribution in [2.75, 3.05) is 5.32 Å². The van der Waals surface area contributed by atoms with Crippen molar-refractivity contribution in [1.29, 1.82) is 0 Å². The predicted octanol–water partition coefficient (Wildman–Crippen LogP) is 2.49. The number of nitrogens with one attached hydrogen (secondary N) is 1. The van der Waals surface area contributed by atoms with Crippen molar-refractivity contribution in [2.45, 2.75) is 31.7 Å². The standard InChI is InChI=1S/C14H17ClN2O3/c15-11-7-8(5-6-9(11)13(16)18)17-12-4-2-1-3-10(12)14(19)20/h5-7,10,12,17H,1-4H2,(H2,16,18)(H,19,20). The molecule has 20 heavy (non-hydrogen) atoms. The van der Waals surface area contributed by atoms with Crippen molar-refractivity contribution in [3.63, 3.8) is 0 Å². The van der Waals surface area contributed by atoms with Crippen molar-refractivity contribution >= 4 is 29.2 Å². The van der Waals surface area contributed by atoms with Crippen LogP contribution in [0.15, 0.2) is 18.2 Å². The highest BCUT2D eigenvalue weighted by molar-refractivity contribution is 6.34. The molecule has 1 aliphatic rings. The van der Waals surface area contributed by atoms with Crippen molar-refractivity contribution in [3.05, 3.63) is 28.8 Å². The molecule has 1 aliphatic carbocycles. The largest absolute Gasteiger partial charge is 0.481 e. The Bertz CT molecular complexity index is 533. The number of carboxylic acids is 1. The second-order valence-electron chi connectivity index (χ2n) is 5.04. The number of carboxylic acid groups (broad SMARTS) is 1. The summed E-state index contributed by atoms with van der Waals surface area (Å²) in [7, 11) is 0. The summed E-state index contributed by atoms with van der Waals surface area (Å²) in [6.45, 7) is 0. The van der Waals surface area contributed by atoms with Crippen LogP contribution in [0.25, 0.3) is 0 Å². The van der Waals surface area contributed by atoms with Crippen LogP contribution in [0.3, 0.4) is 0 Å². The van der Waals surface area contributed by atoms with Gasteiger partial charge in [0.15, 0.2) is 0 Å². The van der Waals surface area contributed by atoms with Crippen LogP contribution in [0.1, 0.15) is 36.0 Å². The number of hydrogen-bond acceptors (Lipinski definition) is 3. The van der Waals surface area contributed by atoms with Crippen molar-refractivity contribution in [3.8, 4) is 0 Å². The lowest BCUT2D eigenvalue weighted by Gasteiger charge is -2.30. The molecule has 0 aliphatic heterocycles. The Labute approximate surface area is 122 Å². The van der Waals surface area contributed by atoms with E-state index in [9.17, 15) is 14.7 Å². The Morgan fingerprint density at radius 3 is 2.60 bits per heavy atom. The van der Waals surface area contributed by atoms with Gasteiger partial charge in [-0.1, -0.05) is 24.4 Å². The van der Waals surface area contributed by atoms with Gasteiger partial charge < -0.3 is 16.2 Å². The van der Waals surface area contributed by atoms with E-state index >= 15 is 0 Å². The molecule has 1 amide bonds. The molecule has 0 aromatic heterocycles. The molecule has 0 spiro atoms. The van der Waals surface area contributed by atoms with Gasteiger partial charge in [0, 0.05) is 11.7 Å². The van der Waals surface area contributed by atoms with Gasteiger partial charge in [-0.2, -0.15) is 0 Å². The third-order valence-corrected chi connectivity index (χ3v) is 3.98. The van der Waals surface area contributed by atoms with Gasteiger partial charge in [0.05, 0.1) is 16.5 Å². The van der Waals surface area contributed by atoms with Crippen LogP contribution in [0.5, 0.6) is 0 Å². The number of aliphatic carboxylic acids is 1. The fraction of sp³-hybridized carbons (Fsp3) is 0.429. The van der Waals surface area contributed by atoms with Crippen LogP contribution in [0.4, 0.5) is 5.69 Å². The van der Waals surface area contributed by atoms with E-state index in [0.717, 1.165) is 19.3 Å². The molecule has 1 aromatic rings. The van der Waals surface area contributed by atoms with Gasteiger partial charge >= 0.3 is 5.97 Å². The molecule has 2 rings (SSSR count). The Balaban J connectivity index is 2.14. The number of carbonyl (C=O) groups excluding carboxylic acids is 1. The highest BCUT2D eigenvalue weighted by Gasteiger charge is 2.30. The molecule has 2 atom stereocenters. The van der Waals surface area contributed by atoms with E-state index in [4.69, 9.17) is 17.3 Å². The summed E-state index contributed by atoms with van der Waals surface area (Å²) in [5, 5.41) is 12.7. The lowest BCUT2D eigenvalue weighted by molar-refractivity contribution is -0.143. The molecule has 0 bridgehead atoms. The maximum absolute atomic E-state index is 11.2. The minimum absolute atomic E-state index is 0.114. The minimum atomic E-state index is -0.776. The second kappa shape index (κ2) is 6.13. The average Bonchev–Trinajstić information content (AvgIpc) is 2.38. The summed E-state index contributed by atoms with van der Waals surface area (Å²) < 4.78 is 0. The van der Waals surface area contributed by atoms with Gasteiger partial charge in [0.2, 0.25) is 5.91 Å². The molecular weight excluding hydrogens is 280 g/mol. The zero-order valence-electron chi connectivity index (χ0n) is 10.9. The van der Waals surface area contributed by atoms with Crippen molar-refractivity contribution < 1.29 is 14.7 Å². The Hall–Kier alpha value is -1.75. The Kier molecular flexibility index (Phi) is 4.49. The maximum atomic E-state index is 11.2. The molecule has 6 heteroatoms. The monoisotopic (exact) mass is 296 g/mol. The van der Waals surface area contributed by atoms with Crippen LogP contribution < -0.4 is 11.1 Å². The third-order valence-electron chi connectivity index (χ3n) is 3.67. The SMILES string of the molecule is NC(=O)c1ccc(NC2CCCCC2C(=O)O)cc1Cl. The van der Waals surface area contributed by atoms with E-state index in [2.05, 4.69) is 5.32 Å². The van der Waals surface area contributed by atoms with Gasteiger partial charge in [-0.25, -0.2) is 0 Å². The normalized spacial score (nSPS) is 22.2. The average molecular weight is 297 g/mol. The van der Waals surface area contributed by atoms with Crippen molar-refractivity contribution in [1.82, 2.24) is 0 Å². The smallest absolute Gasteiger partial charge is 0.308 e. The first-order chi connectivity index (χ1) is 9.49. The number of halogens is 1. The summed E-state index contributed by atoms with van der Waals surface area (Å²) in [4.78, 5) is 22.3. The number of primary amides is 1. The highest BCUT2D eigenvalue weighted by atomic mass is 35.5. The Morgan fingerprint density at radius 2 is 2.00 bits per heavy atom. The van der Waals surface area contributed by atoms with Crippen molar-refractivity contribution in [2.24, 2.45) is 11.7 Å². The molecule has 1 aromatic carbocycles. The highest BCUT2D eigenvalue weighted by Crippen LogP contribution is 2.29. The van der Waals surface area contributed by atoms with Gasteiger partial charge in [-0.05, 0) is 31.0 Å². The first kappa shape index (κ1) is 14.7. The maximum Gasteiger partial charge on any atom is 0.308 e. The number of benzene rings is 1. The number of carbonyl (C=O) groups is 2. The summed E-state index contributed by atoms with van der Waals surface area (Å²) in [6.07, 6.45) is 3.44. The summed E-state index contributed by atoms with van der Waals surface area (Å²) in [5.74, 6) is -1.75. The predicted molar refractivity (Wildman–Crippen MR) is 77.0 cm³/mol. The molecule has 0 radical (unpaired) electrons. The molecule has 4 N–H and O–H groups in total.